The molecule has 3 heterocycles. The molecule has 5 rings (SSSR count). The van der Waals surface area contributed by atoms with E-state index in [1.54, 1.807) is 19.1 Å². The minimum Gasteiger partial charge on any atom is -0.335 e. The number of hydrogen-bond acceptors (Lipinski definition) is 6. The molecule has 206 valence electrons. The number of carbonyl (C=O) groups excluding carboxylic acids is 2. The first-order valence-corrected chi connectivity index (χ1v) is 14.9. The SMILES string of the molecule is CC(=O)c1sc(NC(=O)N[C@@H]2CCN(CC3CC3)C[C@H]2CN2CCC[C@@H](Cc3ccc(F)cc3)C2)nc1C. The lowest BCUT2D eigenvalue weighted by molar-refractivity contribution is 0.0830. The van der Waals surface area contributed by atoms with E-state index < -0.39 is 0 Å². The van der Waals surface area contributed by atoms with Gasteiger partial charge in [-0.3, -0.25) is 10.1 Å². The van der Waals surface area contributed by atoms with Gasteiger partial charge in [-0.15, -0.1) is 0 Å². The van der Waals surface area contributed by atoms with Crippen molar-refractivity contribution in [2.75, 3.05) is 44.6 Å². The minimum absolute atomic E-state index is 0.0316. The maximum atomic E-state index is 13.3. The maximum absolute atomic E-state index is 13.3. The normalized spacial score (nSPS) is 24.8. The number of ketones is 1. The monoisotopic (exact) mass is 541 g/mol. The van der Waals surface area contributed by atoms with Crippen LogP contribution in [0.1, 0.15) is 60.0 Å². The highest BCUT2D eigenvalue weighted by atomic mass is 32.1. The molecule has 38 heavy (non-hydrogen) atoms. The van der Waals surface area contributed by atoms with E-state index in [0.29, 0.717) is 27.5 Å². The van der Waals surface area contributed by atoms with Crippen molar-refractivity contribution in [2.45, 2.75) is 58.4 Å². The number of halogens is 1. The number of thiazole rings is 1. The Morgan fingerprint density at radius 1 is 1.03 bits per heavy atom. The lowest BCUT2D eigenvalue weighted by atomic mass is 9.88. The largest absolute Gasteiger partial charge is 0.335 e. The fourth-order valence-corrected chi connectivity index (χ4v) is 7.02. The van der Waals surface area contributed by atoms with Crippen LogP contribution in [0.15, 0.2) is 24.3 Å². The van der Waals surface area contributed by atoms with Crippen LogP contribution < -0.4 is 10.6 Å². The smallest absolute Gasteiger partial charge is 0.321 e. The Morgan fingerprint density at radius 2 is 1.79 bits per heavy atom. The second-order valence-corrected chi connectivity index (χ2v) is 12.5. The van der Waals surface area contributed by atoms with Crippen LogP contribution in [-0.2, 0) is 6.42 Å². The van der Waals surface area contributed by atoms with Crippen molar-refractivity contribution in [3.05, 3.63) is 46.2 Å². The van der Waals surface area contributed by atoms with Crippen molar-refractivity contribution in [1.29, 1.82) is 0 Å². The second-order valence-electron chi connectivity index (χ2n) is 11.5. The van der Waals surface area contributed by atoms with Gasteiger partial charge in [-0.05, 0) is 81.5 Å². The fourth-order valence-electron chi connectivity index (χ4n) is 6.16. The van der Waals surface area contributed by atoms with E-state index in [4.69, 9.17) is 0 Å². The number of piperidine rings is 2. The molecule has 7 nitrogen and oxygen atoms in total. The number of hydrogen-bond donors (Lipinski definition) is 2. The van der Waals surface area contributed by atoms with Gasteiger partial charge in [-0.1, -0.05) is 23.5 Å². The molecule has 3 atom stereocenters. The van der Waals surface area contributed by atoms with E-state index in [0.717, 1.165) is 51.5 Å². The Balaban J connectivity index is 1.20. The number of Topliss-reactive ketones (excluding diaryl/α,β-unsaturated/α-hetero) is 1. The molecule has 2 amide bonds. The van der Waals surface area contributed by atoms with E-state index in [-0.39, 0.29) is 23.7 Å². The summed E-state index contributed by atoms with van der Waals surface area (Å²) in [4.78, 5) is 34.9. The van der Waals surface area contributed by atoms with Crippen molar-refractivity contribution < 1.29 is 14.0 Å². The lowest BCUT2D eigenvalue weighted by Gasteiger charge is -2.42. The third kappa shape index (κ3) is 7.39. The van der Waals surface area contributed by atoms with Gasteiger partial charge in [0.15, 0.2) is 10.9 Å². The van der Waals surface area contributed by atoms with Crippen LogP contribution in [-0.4, -0.2) is 71.9 Å². The molecule has 1 saturated carbocycles. The molecule has 3 aliphatic rings. The lowest BCUT2D eigenvalue weighted by Crippen LogP contribution is -2.55. The van der Waals surface area contributed by atoms with Crippen LogP contribution in [0.2, 0.25) is 0 Å². The van der Waals surface area contributed by atoms with E-state index in [1.807, 2.05) is 12.1 Å². The number of aromatic nitrogens is 1. The molecule has 2 N–H and O–H groups in total. The van der Waals surface area contributed by atoms with E-state index in [9.17, 15) is 14.0 Å². The molecule has 1 aliphatic carbocycles. The number of carbonyl (C=O) groups is 2. The fraction of sp³-hybridized carbons (Fsp3) is 0.621. The standard InChI is InChI=1S/C29H40FN5O2S/c1-19-27(20(2)36)38-29(31-19)33-28(37)32-26-11-13-35(15-22-5-6-22)18-24(26)17-34-12-3-4-23(16-34)14-21-7-9-25(30)10-8-21/h7-10,22-24,26H,3-6,11-18H2,1-2H3,(H2,31,32,33,37)/t23-,24+,26+/m0/s1. The summed E-state index contributed by atoms with van der Waals surface area (Å²) in [5.74, 6) is 1.55. The molecule has 0 radical (unpaired) electrons. The average Bonchev–Trinajstić information content (AvgIpc) is 3.61. The number of aryl methyl sites for hydroxylation is 1. The summed E-state index contributed by atoms with van der Waals surface area (Å²) >= 11 is 1.23. The number of anilines is 1. The van der Waals surface area contributed by atoms with Crippen molar-refractivity contribution in [3.8, 4) is 0 Å². The molecule has 9 heteroatoms. The summed E-state index contributed by atoms with van der Waals surface area (Å²) in [6, 6.07) is 6.78. The molecule has 2 aliphatic heterocycles. The van der Waals surface area contributed by atoms with E-state index in [2.05, 4.69) is 25.4 Å². The number of amides is 2. The van der Waals surface area contributed by atoms with Gasteiger partial charge >= 0.3 is 6.03 Å². The number of rotatable bonds is 9. The first kappa shape index (κ1) is 27.2. The predicted molar refractivity (Wildman–Crippen MR) is 149 cm³/mol. The molecular weight excluding hydrogens is 501 g/mol. The van der Waals surface area contributed by atoms with Crippen LogP contribution >= 0.6 is 11.3 Å². The summed E-state index contributed by atoms with van der Waals surface area (Å²) in [5.41, 5.74) is 1.86. The number of nitrogens with zero attached hydrogens (tertiary/aromatic N) is 3. The van der Waals surface area contributed by atoms with Crippen molar-refractivity contribution in [2.24, 2.45) is 17.8 Å². The highest BCUT2D eigenvalue weighted by Crippen LogP contribution is 2.32. The summed E-state index contributed by atoms with van der Waals surface area (Å²) in [6.45, 7) is 9.61. The Bertz CT molecular complexity index is 1120. The van der Waals surface area contributed by atoms with Crippen LogP contribution in [0.4, 0.5) is 14.3 Å². The summed E-state index contributed by atoms with van der Waals surface area (Å²) in [7, 11) is 0. The third-order valence-corrected chi connectivity index (χ3v) is 9.39. The van der Waals surface area contributed by atoms with Crippen molar-refractivity contribution >= 4 is 28.3 Å². The Morgan fingerprint density at radius 3 is 2.50 bits per heavy atom. The molecule has 1 aromatic heterocycles. The van der Waals surface area contributed by atoms with Gasteiger partial charge < -0.3 is 15.1 Å². The number of benzene rings is 1. The van der Waals surface area contributed by atoms with Gasteiger partial charge in [0.1, 0.15) is 5.82 Å². The molecular formula is C29H40FN5O2S. The highest BCUT2D eigenvalue weighted by molar-refractivity contribution is 7.17. The first-order chi connectivity index (χ1) is 18.3. The van der Waals surface area contributed by atoms with Crippen molar-refractivity contribution in [1.82, 2.24) is 20.1 Å². The van der Waals surface area contributed by atoms with Gasteiger partial charge in [0.05, 0.1) is 10.6 Å². The molecule has 3 fully saturated rings. The number of likely N-dealkylation sites (tertiary alicyclic amines) is 2. The quantitative estimate of drug-likeness (QED) is 0.439. The average molecular weight is 542 g/mol. The zero-order valence-electron chi connectivity index (χ0n) is 22.5. The van der Waals surface area contributed by atoms with Crippen LogP contribution in [0.5, 0.6) is 0 Å². The summed E-state index contributed by atoms with van der Waals surface area (Å²) in [6.07, 6.45) is 6.98. The molecule has 2 aromatic rings. The highest BCUT2D eigenvalue weighted by Gasteiger charge is 2.35. The van der Waals surface area contributed by atoms with E-state index >= 15 is 0 Å². The Hall–Kier alpha value is -2.36. The first-order valence-electron chi connectivity index (χ1n) is 14.1. The number of urea groups is 1. The molecule has 0 spiro atoms. The van der Waals surface area contributed by atoms with Gasteiger partial charge in [0.25, 0.3) is 0 Å². The Kier molecular flexibility index (Phi) is 8.75. The van der Waals surface area contributed by atoms with Crippen LogP contribution in [0.3, 0.4) is 0 Å². The Labute approximate surface area is 229 Å². The molecule has 0 bridgehead atoms. The second kappa shape index (κ2) is 12.2. The van der Waals surface area contributed by atoms with Crippen LogP contribution in [0, 0.1) is 30.5 Å². The maximum Gasteiger partial charge on any atom is 0.321 e. The summed E-state index contributed by atoms with van der Waals surface area (Å²) < 4.78 is 13.3. The zero-order valence-corrected chi connectivity index (χ0v) is 23.4. The van der Waals surface area contributed by atoms with E-state index in [1.165, 1.54) is 56.1 Å². The van der Waals surface area contributed by atoms with Gasteiger partial charge in [-0.25, -0.2) is 14.2 Å². The number of nitrogens with one attached hydrogen (secondary N) is 2. The van der Waals surface area contributed by atoms with Gasteiger partial charge in [0, 0.05) is 51.6 Å². The molecule has 0 unspecified atom stereocenters. The zero-order chi connectivity index (χ0) is 26.6. The minimum atomic E-state index is -0.243. The molecule has 2 saturated heterocycles. The summed E-state index contributed by atoms with van der Waals surface area (Å²) in [5, 5.41) is 6.59. The third-order valence-electron chi connectivity index (χ3n) is 8.22. The van der Waals surface area contributed by atoms with Crippen molar-refractivity contribution in [3.63, 3.8) is 0 Å². The predicted octanol–water partition coefficient (Wildman–Crippen LogP) is 4.97. The molecule has 1 aromatic carbocycles. The topological polar surface area (TPSA) is 77.6 Å². The van der Waals surface area contributed by atoms with Crippen LogP contribution in [0.25, 0.3) is 0 Å². The van der Waals surface area contributed by atoms with Gasteiger partial charge in [0.2, 0.25) is 0 Å². The van der Waals surface area contributed by atoms with Gasteiger partial charge in [-0.2, -0.15) is 0 Å².